The number of carbonyl (C=O) groups excluding carboxylic acids is 1. The Bertz CT molecular complexity index is 879. The van der Waals surface area contributed by atoms with Crippen LogP contribution in [0.2, 0.25) is 0 Å². The van der Waals surface area contributed by atoms with Gasteiger partial charge >= 0.3 is 0 Å². The summed E-state index contributed by atoms with van der Waals surface area (Å²) in [7, 11) is 0. The number of aryl methyl sites for hydroxylation is 1. The summed E-state index contributed by atoms with van der Waals surface area (Å²) in [6, 6.07) is 9.17. The van der Waals surface area contributed by atoms with Crippen molar-refractivity contribution < 1.29 is 9.21 Å². The fourth-order valence-corrected chi connectivity index (χ4v) is 2.19. The van der Waals surface area contributed by atoms with Crippen molar-refractivity contribution in [2.24, 2.45) is 0 Å². The maximum atomic E-state index is 12.1. The Balaban J connectivity index is 1.73. The number of anilines is 1. The van der Waals surface area contributed by atoms with Crippen LogP contribution in [-0.4, -0.2) is 20.9 Å². The van der Waals surface area contributed by atoms with Gasteiger partial charge < -0.3 is 9.73 Å². The third-order valence-electron chi connectivity index (χ3n) is 3.33. The number of oxazole rings is 1. The highest BCUT2D eigenvalue weighted by Crippen LogP contribution is 2.16. The highest BCUT2D eigenvalue weighted by atomic mass is 16.3. The van der Waals surface area contributed by atoms with Gasteiger partial charge in [-0.15, -0.1) is 0 Å². The highest BCUT2D eigenvalue weighted by molar-refractivity contribution is 6.01. The molecular weight excluding hydrogens is 304 g/mol. The lowest BCUT2D eigenvalue weighted by Gasteiger charge is -2.08. The van der Waals surface area contributed by atoms with Crippen LogP contribution in [0.3, 0.4) is 0 Å². The van der Waals surface area contributed by atoms with Gasteiger partial charge in [-0.25, -0.2) is 15.0 Å². The van der Waals surface area contributed by atoms with Crippen molar-refractivity contribution in [3.63, 3.8) is 0 Å². The van der Waals surface area contributed by atoms with E-state index >= 15 is 0 Å². The molecule has 0 bridgehead atoms. The average Bonchev–Trinajstić information content (AvgIpc) is 2.95. The summed E-state index contributed by atoms with van der Waals surface area (Å²) in [5.74, 6) is 1.46. The molecule has 0 aliphatic rings. The molecule has 122 valence electrons. The number of hydrogen-bond donors (Lipinski definition) is 1. The van der Waals surface area contributed by atoms with Crippen LogP contribution in [0.15, 0.2) is 40.8 Å². The summed E-state index contributed by atoms with van der Waals surface area (Å²) in [6.45, 7) is 5.89. The molecule has 0 radical (unpaired) electrons. The molecule has 3 aromatic rings. The first kappa shape index (κ1) is 15.9. The number of hydrogen-bond acceptors (Lipinski definition) is 5. The molecule has 0 aliphatic carbocycles. The van der Waals surface area contributed by atoms with E-state index in [2.05, 4.69) is 20.3 Å². The SMILES string of the molecule is Cc1cc(NC(=O)/C=C/c2nc3ccccc3o2)nc(C(C)C)n1. The summed E-state index contributed by atoms with van der Waals surface area (Å²) < 4.78 is 5.53. The van der Waals surface area contributed by atoms with Crippen molar-refractivity contribution in [3.05, 3.63) is 53.8 Å². The van der Waals surface area contributed by atoms with E-state index in [1.807, 2.05) is 45.0 Å². The zero-order chi connectivity index (χ0) is 17.1. The zero-order valence-corrected chi connectivity index (χ0v) is 13.8. The topological polar surface area (TPSA) is 80.9 Å². The Morgan fingerprint density at radius 1 is 1.21 bits per heavy atom. The van der Waals surface area contributed by atoms with Crippen molar-refractivity contribution in [1.29, 1.82) is 0 Å². The second kappa shape index (κ2) is 6.62. The molecule has 1 N–H and O–H groups in total. The predicted molar refractivity (Wildman–Crippen MR) is 92.5 cm³/mol. The molecular formula is C18H18N4O2. The molecule has 1 aromatic carbocycles. The standard InChI is InChI=1S/C18H18N4O2/c1-11(2)18-19-12(3)10-15(22-18)21-16(23)8-9-17-20-13-6-4-5-7-14(13)24-17/h4-11H,1-3H3,(H,19,21,22,23)/b9-8+. The summed E-state index contributed by atoms with van der Waals surface area (Å²) in [5.41, 5.74) is 2.25. The molecule has 0 unspecified atom stereocenters. The number of para-hydroxylation sites is 2. The molecule has 2 heterocycles. The Kier molecular flexibility index (Phi) is 4.37. The maximum Gasteiger partial charge on any atom is 0.249 e. The predicted octanol–water partition coefficient (Wildman–Crippen LogP) is 3.70. The van der Waals surface area contributed by atoms with E-state index in [9.17, 15) is 4.79 Å². The monoisotopic (exact) mass is 322 g/mol. The molecule has 2 aromatic heterocycles. The first-order valence-corrected chi connectivity index (χ1v) is 7.71. The highest BCUT2D eigenvalue weighted by Gasteiger charge is 2.08. The first-order chi connectivity index (χ1) is 11.5. The second-order valence-corrected chi connectivity index (χ2v) is 5.75. The molecule has 0 aliphatic heterocycles. The number of carbonyl (C=O) groups is 1. The number of fused-ring (bicyclic) bond motifs is 1. The Morgan fingerprint density at radius 2 is 2.00 bits per heavy atom. The van der Waals surface area contributed by atoms with Crippen LogP contribution in [0, 0.1) is 6.92 Å². The van der Waals surface area contributed by atoms with Gasteiger partial charge in [-0.3, -0.25) is 4.79 Å². The van der Waals surface area contributed by atoms with Crippen molar-refractivity contribution in [1.82, 2.24) is 15.0 Å². The molecule has 1 amide bonds. The van der Waals surface area contributed by atoms with Gasteiger partial charge in [0, 0.05) is 29.8 Å². The van der Waals surface area contributed by atoms with Gasteiger partial charge in [-0.05, 0) is 19.1 Å². The molecule has 0 spiro atoms. The number of aromatic nitrogens is 3. The third-order valence-corrected chi connectivity index (χ3v) is 3.33. The molecule has 3 rings (SSSR count). The lowest BCUT2D eigenvalue weighted by Crippen LogP contribution is -2.11. The van der Waals surface area contributed by atoms with E-state index < -0.39 is 0 Å². The van der Waals surface area contributed by atoms with Gasteiger partial charge in [0.15, 0.2) is 5.58 Å². The molecule has 0 fully saturated rings. The van der Waals surface area contributed by atoms with Gasteiger partial charge in [0.2, 0.25) is 11.8 Å². The lowest BCUT2D eigenvalue weighted by atomic mass is 10.2. The molecule has 0 atom stereocenters. The summed E-state index contributed by atoms with van der Waals surface area (Å²) >= 11 is 0. The van der Waals surface area contributed by atoms with Crippen LogP contribution in [0.5, 0.6) is 0 Å². The van der Waals surface area contributed by atoms with E-state index in [0.29, 0.717) is 23.1 Å². The Hall–Kier alpha value is -3.02. The second-order valence-electron chi connectivity index (χ2n) is 5.75. The van der Waals surface area contributed by atoms with Crippen LogP contribution in [-0.2, 0) is 4.79 Å². The van der Waals surface area contributed by atoms with E-state index in [1.165, 1.54) is 12.2 Å². The van der Waals surface area contributed by atoms with Crippen molar-refractivity contribution in [3.8, 4) is 0 Å². The molecule has 24 heavy (non-hydrogen) atoms. The zero-order valence-electron chi connectivity index (χ0n) is 13.8. The van der Waals surface area contributed by atoms with Crippen LogP contribution in [0.4, 0.5) is 5.82 Å². The fourth-order valence-electron chi connectivity index (χ4n) is 2.19. The van der Waals surface area contributed by atoms with Gasteiger partial charge in [-0.1, -0.05) is 26.0 Å². The molecule has 0 saturated heterocycles. The summed E-state index contributed by atoms with van der Waals surface area (Å²) in [6.07, 6.45) is 2.91. The summed E-state index contributed by atoms with van der Waals surface area (Å²) in [5, 5.41) is 2.74. The lowest BCUT2D eigenvalue weighted by molar-refractivity contribution is -0.111. The number of rotatable bonds is 4. The van der Waals surface area contributed by atoms with Gasteiger partial charge in [0.1, 0.15) is 17.2 Å². The van der Waals surface area contributed by atoms with Crippen LogP contribution >= 0.6 is 0 Å². The minimum atomic E-state index is -0.301. The van der Waals surface area contributed by atoms with E-state index in [4.69, 9.17) is 4.42 Å². The normalized spacial score (nSPS) is 11.5. The van der Waals surface area contributed by atoms with Crippen molar-refractivity contribution >= 4 is 28.9 Å². The molecule has 6 nitrogen and oxygen atoms in total. The van der Waals surface area contributed by atoms with Crippen LogP contribution in [0.25, 0.3) is 17.2 Å². The van der Waals surface area contributed by atoms with E-state index in [-0.39, 0.29) is 11.8 Å². The fraction of sp³-hybridized carbons (Fsp3) is 0.222. The molecule has 6 heteroatoms. The first-order valence-electron chi connectivity index (χ1n) is 7.71. The Morgan fingerprint density at radius 3 is 2.75 bits per heavy atom. The van der Waals surface area contributed by atoms with Gasteiger partial charge in [-0.2, -0.15) is 0 Å². The summed E-state index contributed by atoms with van der Waals surface area (Å²) in [4.78, 5) is 25.0. The number of benzene rings is 1. The van der Waals surface area contributed by atoms with Crippen molar-refractivity contribution in [2.45, 2.75) is 26.7 Å². The third kappa shape index (κ3) is 3.65. The number of amides is 1. The van der Waals surface area contributed by atoms with E-state index in [0.717, 1.165) is 11.2 Å². The largest absolute Gasteiger partial charge is 0.437 e. The maximum absolute atomic E-state index is 12.1. The number of nitrogens with zero attached hydrogens (tertiary/aromatic N) is 3. The quantitative estimate of drug-likeness (QED) is 0.741. The van der Waals surface area contributed by atoms with E-state index in [1.54, 1.807) is 6.07 Å². The van der Waals surface area contributed by atoms with Gasteiger partial charge in [0.05, 0.1) is 0 Å². The van der Waals surface area contributed by atoms with Crippen LogP contribution < -0.4 is 5.32 Å². The number of nitrogens with one attached hydrogen (secondary N) is 1. The van der Waals surface area contributed by atoms with Gasteiger partial charge in [0.25, 0.3) is 0 Å². The average molecular weight is 322 g/mol. The van der Waals surface area contributed by atoms with Crippen molar-refractivity contribution in [2.75, 3.05) is 5.32 Å². The minimum absolute atomic E-state index is 0.191. The smallest absolute Gasteiger partial charge is 0.249 e. The van der Waals surface area contributed by atoms with Crippen LogP contribution in [0.1, 0.15) is 37.2 Å². The Labute approximate surface area is 139 Å². The molecule has 0 saturated carbocycles. The minimum Gasteiger partial charge on any atom is -0.437 e.